The zero-order valence-corrected chi connectivity index (χ0v) is 14.7. The van der Waals surface area contributed by atoms with Gasteiger partial charge in [-0.2, -0.15) is 8.75 Å². The summed E-state index contributed by atoms with van der Waals surface area (Å²) in [6.07, 6.45) is -0.191. The predicted octanol–water partition coefficient (Wildman–Crippen LogP) is 2.28. The lowest BCUT2D eigenvalue weighted by molar-refractivity contribution is -0.116. The molecular weight excluding hydrogens is 386 g/mol. The number of halogens is 2. The monoisotopic (exact) mass is 398 g/mol. The summed E-state index contributed by atoms with van der Waals surface area (Å²) in [5.41, 5.74) is 0.806. The largest absolute Gasteiger partial charge is 0.326 e. The lowest BCUT2D eigenvalue weighted by Gasteiger charge is -2.08. The molecule has 1 amide bonds. The Morgan fingerprint density at radius 1 is 1.12 bits per heavy atom. The molecule has 0 aliphatic carbocycles. The molecule has 3 rings (SSSR count). The number of aromatic nitrogens is 2. The van der Waals surface area contributed by atoms with Gasteiger partial charge >= 0.3 is 0 Å². The van der Waals surface area contributed by atoms with Gasteiger partial charge in [0.25, 0.3) is 0 Å². The van der Waals surface area contributed by atoms with Crippen LogP contribution in [0.1, 0.15) is 6.42 Å². The van der Waals surface area contributed by atoms with Gasteiger partial charge in [0.2, 0.25) is 15.9 Å². The molecule has 0 fully saturated rings. The van der Waals surface area contributed by atoms with Crippen LogP contribution in [0.15, 0.2) is 41.3 Å². The first-order chi connectivity index (χ1) is 12.4. The number of nitrogens with one attached hydrogen (secondary N) is 2. The van der Waals surface area contributed by atoms with E-state index in [-0.39, 0.29) is 29.1 Å². The molecular formula is C15H12F2N4O3S2. The summed E-state index contributed by atoms with van der Waals surface area (Å²) in [6.45, 7) is -0.175. The van der Waals surface area contributed by atoms with E-state index >= 15 is 0 Å². The lowest BCUT2D eigenvalue weighted by Crippen LogP contribution is -2.28. The highest BCUT2D eigenvalue weighted by molar-refractivity contribution is 7.89. The summed E-state index contributed by atoms with van der Waals surface area (Å²) in [6, 6.07) is 7.52. The Morgan fingerprint density at radius 2 is 1.92 bits per heavy atom. The molecule has 2 N–H and O–H groups in total. The van der Waals surface area contributed by atoms with E-state index < -0.39 is 27.6 Å². The second-order valence-electron chi connectivity index (χ2n) is 5.21. The van der Waals surface area contributed by atoms with E-state index in [0.717, 1.165) is 23.9 Å². The number of anilines is 1. The fourth-order valence-corrected chi connectivity index (χ4v) is 3.97. The van der Waals surface area contributed by atoms with E-state index in [1.165, 1.54) is 12.1 Å². The molecule has 136 valence electrons. The molecule has 0 bridgehead atoms. The van der Waals surface area contributed by atoms with Gasteiger partial charge in [0, 0.05) is 24.7 Å². The van der Waals surface area contributed by atoms with Gasteiger partial charge in [0.05, 0.1) is 11.7 Å². The highest BCUT2D eigenvalue weighted by Gasteiger charge is 2.19. The van der Waals surface area contributed by atoms with E-state index in [1.807, 2.05) is 0 Å². The molecule has 0 aliphatic heterocycles. The molecule has 0 aliphatic rings. The van der Waals surface area contributed by atoms with Gasteiger partial charge in [0.15, 0.2) is 11.6 Å². The molecule has 1 aromatic heterocycles. The van der Waals surface area contributed by atoms with Crippen molar-refractivity contribution >= 4 is 44.4 Å². The van der Waals surface area contributed by atoms with Gasteiger partial charge in [-0.25, -0.2) is 21.9 Å². The highest BCUT2D eigenvalue weighted by Crippen LogP contribution is 2.20. The Labute approximate surface area is 151 Å². The van der Waals surface area contributed by atoms with Crippen molar-refractivity contribution in [3.05, 3.63) is 48.0 Å². The van der Waals surface area contributed by atoms with Crippen LogP contribution in [0.5, 0.6) is 0 Å². The van der Waals surface area contributed by atoms with Crippen LogP contribution in [0.4, 0.5) is 14.5 Å². The maximum atomic E-state index is 13.1. The minimum atomic E-state index is -3.87. The minimum absolute atomic E-state index is 0.0234. The second-order valence-corrected chi connectivity index (χ2v) is 7.48. The van der Waals surface area contributed by atoms with Crippen molar-refractivity contribution in [3.63, 3.8) is 0 Å². The molecule has 0 saturated heterocycles. The molecule has 7 nitrogen and oxygen atoms in total. The summed E-state index contributed by atoms with van der Waals surface area (Å²) in [7, 11) is -3.87. The van der Waals surface area contributed by atoms with Crippen molar-refractivity contribution in [2.75, 3.05) is 11.9 Å². The van der Waals surface area contributed by atoms with Crippen LogP contribution in [0.2, 0.25) is 0 Å². The van der Waals surface area contributed by atoms with Gasteiger partial charge < -0.3 is 5.32 Å². The summed E-state index contributed by atoms with van der Waals surface area (Å²) in [5, 5.41) is 2.36. The number of rotatable bonds is 6. The van der Waals surface area contributed by atoms with Crippen molar-refractivity contribution in [1.29, 1.82) is 0 Å². The maximum Gasteiger partial charge on any atom is 0.242 e. The van der Waals surface area contributed by atoms with E-state index in [9.17, 15) is 22.0 Å². The van der Waals surface area contributed by atoms with Crippen LogP contribution >= 0.6 is 11.7 Å². The second kappa shape index (κ2) is 7.40. The molecule has 0 radical (unpaired) electrons. The topological polar surface area (TPSA) is 101 Å². The molecule has 11 heteroatoms. The van der Waals surface area contributed by atoms with E-state index in [1.54, 1.807) is 12.1 Å². The summed E-state index contributed by atoms with van der Waals surface area (Å²) in [4.78, 5) is 11.8. The summed E-state index contributed by atoms with van der Waals surface area (Å²) in [5.74, 6) is -2.66. The summed E-state index contributed by atoms with van der Waals surface area (Å²) < 4.78 is 60.9. The molecule has 3 aromatic rings. The molecule has 1 heterocycles. The predicted molar refractivity (Wildman–Crippen MR) is 92.2 cm³/mol. The average Bonchev–Trinajstić information content (AvgIpc) is 3.06. The van der Waals surface area contributed by atoms with Gasteiger partial charge in [-0.05, 0) is 24.3 Å². The van der Waals surface area contributed by atoms with E-state index in [0.29, 0.717) is 5.52 Å². The Kier molecular flexibility index (Phi) is 5.20. The van der Waals surface area contributed by atoms with Crippen LogP contribution in [0.3, 0.4) is 0 Å². The Bertz CT molecular complexity index is 1070. The highest BCUT2D eigenvalue weighted by atomic mass is 32.2. The van der Waals surface area contributed by atoms with Gasteiger partial charge in [0.1, 0.15) is 15.9 Å². The van der Waals surface area contributed by atoms with E-state index in [2.05, 4.69) is 18.8 Å². The van der Waals surface area contributed by atoms with Gasteiger partial charge in [-0.3, -0.25) is 4.79 Å². The summed E-state index contributed by atoms with van der Waals surface area (Å²) >= 11 is 0.902. The fourth-order valence-electron chi connectivity index (χ4n) is 2.17. The SMILES string of the molecule is O=C(CCNS(=O)(=O)c1cccc2nsnc12)Nc1ccc(F)c(F)c1. The standard InChI is InChI=1S/C15H12F2N4O3S2/c16-10-5-4-9(8-11(10)17)19-14(22)6-7-18-26(23,24)13-3-1-2-12-15(13)21-25-20-12/h1-5,8,18H,6-7H2,(H,19,22). The number of carbonyl (C=O) groups excluding carboxylic acids is 1. The van der Waals surface area contributed by atoms with Crippen LogP contribution in [0, 0.1) is 11.6 Å². The zero-order chi connectivity index (χ0) is 18.7. The molecule has 26 heavy (non-hydrogen) atoms. The number of hydrogen-bond donors (Lipinski definition) is 2. The number of carbonyl (C=O) groups is 1. The normalized spacial score (nSPS) is 11.6. The molecule has 0 atom stereocenters. The first-order valence-corrected chi connectivity index (χ1v) is 9.54. The maximum absolute atomic E-state index is 13.1. The molecule has 0 saturated carbocycles. The molecule has 0 unspecified atom stereocenters. The third-order valence-electron chi connectivity index (χ3n) is 3.39. The first-order valence-electron chi connectivity index (χ1n) is 7.33. The van der Waals surface area contributed by atoms with Crippen molar-refractivity contribution in [3.8, 4) is 0 Å². The zero-order valence-electron chi connectivity index (χ0n) is 13.1. The Hall–Kier alpha value is -2.50. The van der Waals surface area contributed by atoms with Gasteiger partial charge in [-0.15, -0.1) is 0 Å². The van der Waals surface area contributed by atoms with Crippen molar-refractivity contribution in [2.45, 2.75) is 11.3 Å². The third-order valence-corrected chi connectivity index (χ3v) is 5.42. The van der Waals surface area contributed by atoms with Crippen LogP contribution in [-0.4, -0.2) is 29.6 Å². The van der Waals surface area contributed by atoms with Crippen molar-refractivity contribution in [1.82, 2.24) is 13.5 Å². The van der Waals surface area contributed by atoms with Crippen LogP contribution in [0.25, 0.3) is 11.0 Å². The van der Waals surface area contributed by atoms with Crippen molar-refractivity contribution < 1.29 is 22.0 Å². The van der Waals surface area contributed by atoms with Crippen LogP contribution in [-0.2, 0) is 14.8 Å². The van der Waals surface area contributed by atoms with Crippen molar-refractivity contribution in [2.24, 2.45) is 0 Å². The average molecular weight is 398 g/mol. The molecule has 0 spiro atoms. The minimum Gasteiger partial charge on any atom is -0.326 e. The Balaban J connectivity index is 1.60. The number of benzene rings is 2. The van der Waals surface area contributed by atoms with Gasteiger partial charge in [-0.1, -0.05) is 6.07 Å². The van der Waals surface area contributed by atoms with E-state index in [4.69, 9.17) is 0 Å². The van der Waals surface area contributed by atoms with Crippen LogP contribution < -0.4 is 10.0 Å². The number of nitrogens with zero attached hydrogens (tertiary/aromatic N) is 2. The number of amides is 1. The lowest BCUT2D eigenvalue weighted by atomic mass is 10.3. The quantitative estimate of drug-likeness (QED) is 0.663. The first kappa shape index (κ1) is 18.3. The fraction of sp³-hybridized carbons (Fsp3) is 0.133. The Morgan fingerprint density at radius 3 is 2.69 bits per heavy atom. The number of fused-ring (bicyclic) bond motifs is 1. The smallest absolute Gasteiger partial charge is 0.242 e. The third kappa shape index (κ3) is 4.00. The molecule has 2 aromatic carbocycles. The number of hydrogen-bond acceptors (Lipinski definition) is 6. The number of sulfonamides is 1.